The van der Waals surface area contributed by atoms with Crippen LogP contribution >= 0.6 is 0 Å². The Morgan fingerprint density at radius 3 is 2.43 bits per heavy atom. The number of nitrogens with one attached hydrogen (secondary N) is 1. The summed E-state index contributed by atoms with van der Waals surface area (Å²) >= 11 is 0. The van der Waals surface area contributed by atoms with Crippen molar-refractivity contribution in [3.63, 3.8) is 0 Å². The highest BCUT2D eigenvalue weighted by Gasteiger charge is 2.26. The summed E-state index contributed by atoms with van der Waals surface area (Å²) in [5, 5.41) is 11.7. The highest BCUT2D eigenvalue weighted by molar-refractivity contribution is 5.99. The van der Waals surface area contributed by atoms with Crippen LogP contribution in [0.4, 0.5) is 0 Å². The molecule has 0 unspecified atom stereocenters. The molecule has 1 aromatic carbocycles. The molecular weight excluding hydrogens is 274 g/mol. The molecule has 0 aliphatic carbocycles. The van der Waals surface area contributed by atoms with E-state index >= 15 is 0 Å². The van der Waals surface area contributed by atoms with Crippen LogP contribution in [0.1, 0.15) is 30.6 Å². The van der Waals surface area contributed by atoms with Crippen LogP contribution in [0.2, 0.25) is 0 Å². The fourth-order valence-electron chi connectivity index (χ4n) is 1.89. The molecule has 6 nitrogen and oxygen atoms in total. The molecule has 0 bridgehead atoms. The molecule has 21 heavy (non-hydrogen) atoms. The molecule has 1 amide bonds. The first kappa shape index (κ1) is 16.8. The van der Waals surface area contributed by atoms with Gasteiger partial charge in [-0.05, 0) is 18.1 Å². The van der Waals surface area contributed by atoms with Crippen LogP contribution < -0.4 is 14.8 Å². The fourth-order valence-corrected chi connectivity index (χ4v) is 1.89. The van der Waals surface area contributed by atoms with Crippen LogP contribution in [-0.4, -0.2) is 37.2 Å². The average molecular weight is 295 g/mol. The van der Waals surface area contributed by atoms with Crippen molar-refractivity contribution < 1.29 is 24.2 Å². The predicted octanol–water partition coefficient (Wildman–Crippen LogP) is 1.93. The first-order chi connectivity index (χ1) is 9.94. The largest absolute Gasteiger partial charge is 0.497 e. The Kier molecular flexibility index (Phi) is 6.02. The Morgan fingerprint density at radius 1 is 1.29 bits per heavy atom. The minimum absolute atomic E-state index is 0.171. The molecule has 0 aliphatic rings. The van der Waals surface area contributed by atoms with E-state index in [4.69, 9.17) is 9.47 Å². The highest BCUT2D eigenvalue weighted by atomic mass is 16.5. The second-order valence-electron chi connectivity index (χ2n) is 4.74. The van der Waals surface area contributed by atoms with Gasteiger partial charge in [-0.15, -0.1) is 0 Å². The van der Waals surface area contributed by atoms with Crippen molar-refractivity contribution in [1.82, 2.24) is 5.32 Å². The molecule has 0 heterocycles. The molecule has 2 N–H and O–H groups in total. The summed E-state index contributed by atoms with van der Waals surface area (Å²) in [5.74, 6) is -0.816. The average Bonchev–Trinajstić information content (AvgIpc) is 2.50. The SMILES string of the molecule is CC[C@H](C)[C@H](NC(=O)c1ccc(OC)cc1OC)C(=O)O. The predicted molar refractivity (Wildman–Crippen MR) is 77.9 cm³/mol. The van der Waals surface area contributed by atoms with E-state index in [0.717, 1.165) is 0 Å². The van der Waals surface area contributed by atoms with Crippen LogP contribution in [0.25, 0.3) is 0 Å². The lowest BCUT2D eigenvalue weighted by atomic mass is 9.99. The lowest BCUT2D eigenvalue weighted by Gasteiger charge is -2.20. The second kappa shape index (κ2) is 7.52. The van der Waals surface area contributed by atoms with E-state index in [-0.39, 0.29) is 11.5 Å². The topological polar surface area (TPSA) is 84.9 Å². The van der Waals surface area contributed by atoms with E-state index in [0.29, 0.717) is 17.9 Å². The van der Waals surface area contributed by atoms with Gasteiger partial charge in [0.2, 0.25) is 0 Å². The molecular formula is C15H21NO5. The van der Waals surface area contributed by atoms with E-state index in [1.54, 1.807) is 25.1 Å². The molecule has 1 aromatic rings. The van der Waals surface area contributed by atoms with E-state index in [2.05, 4.69) is 5.32 Å². The summed E-state index contributed by atoms with van der Waals surface area (Å²) in [7, 11) is 2.95. The van der Waals surface area contributed by atoms with Gasteiger partial charge in [0.15, 0.2) is 0 Å². The van der Waals surface area contributed by atoms with Crippen LogP contribution in [0.15, 0.2) is 18.2 Å². The van der Waals surface area contributed by atoms with Gasteiger partial charge in [0.25, 0.3) is 5.91 Å². The molecule has 0 spiro atoms. The normalized spacial score (nSPS) is 13.1. The fraction of sp³-hybridized carbons (Fsp3) is 0.467. The third-order valence-corrected chi connectivity index (χ3v) is 3.42. The molecule has 6 heteroatoms. The monoisotopic (exact) mass is 295 g/mol. The zero-order valence-electron chi connectivity index (χ0n) is 12.7. The van der Waals surface area contributed by atoms with Crippen LogP contribution in [0.5, 0.6) is 11.5 Å². The number of aliphatic carboxylic acids is 1. The first-order valence-corrected chi connectivity index (χ1v) is 6.70. The molecule has 0 saturated carbocycles. The number of carboxylic acids is 1. The Labute approximate surface area is 124 Å². The van der Waals surface area contributed by atoms with Crippen molar-refractivity contribution in [3.05, 3.63) is 23.8 Å². The number of hydrogen-bond donors (Lipinski definition) is 2. The zero-order valence-corrected chi connectivity index (χ0v) is 12.7. The molecule has 0 fully saturated rings. The number of ether oxygens (including phenoxy) is 2. The standard InChI is InChI=1S/C15H21NO5/c1-5-9(2)13(15(18)19)16-14(17)11-7-6-10(20-3)8-12(11)21-4/h6-9,13H,5H2,1-4H3,(H,16,17)(H,18,19)/t9-,13-/m0/s1. The number of carbonyl (C=O) groups excluding carboxylic acids is 1. The van der Waals surface area contributed by atoms with Gasteiger partial charge in [0.05, 0.1) is 19.8 Å². The first-order valence-electron chi connectivity index (χ1n) is 6.70. The van der Waals surface area contributed by atoms with Gasteiger partial charge in [0, 0.05) is 6.07 Å². The van der Waals surface area contributed by atoms with Crippen LogP contribution in [0.3, 0.4) is 0 Å². The highest BCUT2D eigenvalue weighted by Crippen LogP contribution is 2.24. The smallest absolute Gasteiger partial charge is 0.326 e. The van der Waals surface area contributed by atoms with Crippen molar-refractivity contribution in [2.24, 2.45) is 5.92 Å². The van der Waals surface area contributed by atoms with Crippen molar-refractivity contribution in [2.45, 2.75) is 26.3 Å². The van der Waals surface area contributed by atoms with Crippen molar-refractivity contribution in [2.75, 3.05) is 14.2 Å². The molecule has 2 atom stereocenters. The van der Waals surface area contributed by atoms with Crippen LogP contribution in [-0.2, 0) is 4.79 Å². The van der Waals surface area contributed by atoms with E-state index in [1.165, 1.54) is 14.2 Å². The Bertz CT molecular complexity index is 515. The lowest BCUT2D eigenvalue weighted by molar-refractivity contribution is -0.140. The summed E-state index contributed by atoms with van der Waals surface area (Å²) in [6.45, 7) is 3.66. The maximum atomic E-state index is 12.3. The van der Waals surface area contributed by atoms with Crippen molar-refractivity contribution in [1.29, 1.82) is 0 Å². The lowest BCUT2D eigenvalue weighted by Crippen LogP contribution is -2.45. The Hall–Kier alpha value is -2.24. The third-order valence-electron chi connectivity index (χ3n) is 3.42. The number of carbonyl (C=O) groups is 2. The zero-order chi connectivity index (χ0) is 16.0. The molecule has 0 radical (unpaired) electrons. The van der Waals surface area contributed by atoms with Gasteiger partial charge in [0.1, 0.15) is 17.5 Å². The summed E-state index contributed by atoms with van der Waals surface area (Å²) in [4.78, 5) is 23.5. The number of carboxylic acid groups (broad SMARTS) is 1. The Morgan fingerprint density at radius 2 is 1.95 bits per heavy atom. The minimum atomic E-state index is -1.05. The quantitative estimate of drug-likeness (QED) is 0.803. The van der Waals surface area contributed by atoms with Crippen molar-refractivity contribution >= 4 is 11.9 Å². The van der Waals surface area contributed by atoms with Gasteiger partial charge < -0.3 is 19.9 Å². The number of hydrogen-bond acceptors (Lipinski definition) is 4. The number of rotatable bonds is 7. The van der Waals surface area contributed by atoms with E-state index in [9.17, 15) is 14.7 Å². The summed E-state index contributed by atoms with van der Waals surface area (Å²) < 4.78 is 10.2. The van der Waals surface area contributed by atoms with Gasteiger partial charge in [-0.2, -0.15) is 0 Å². The number of amides is 1. The van der Waals surface area contributed by atoms with E-state index in [1.807, 2.05) is 6.92 Å². The second-order valence-corrected chi connectivity index (χ2v) is 4.74. The summed E-state index contributed by atoms with van der Waals surface area (Å²) in [5.41, 5.74) is 0.271. The van der Waals surface area contributed by atoms with Gasteiger partial charge in [-0.25, -0.2) is 4.79 Å². The van der Waals surface area contributed by atoms with Gasteiger partial charge in [-0.3, -0.25) is 4.79 Å². The van der Waals surface area contributed by atoms with Crippen molar-refractivity contribution in [3.8, 4) is 11.5 Å². The maximum Gasteiger partial charge on any atom is 0.326 e. The number of methoxy groups -OCH3 is 2. The van der Waals surface area contributed by atoms with Crippen LogP contribution in [0, 0.1) is 5.92 Å². The Balaban J connectivity index is 3.00. The molecule has 0 aliphatic heterocycles. The molecule has 0 saturated heterocycles. The van der Waals surface area contributed by atoms with E-state index < -0.39 is 17.9 Å². The third kappa shape index (κ3) is 4.11. The molecule has 0 aromatic heterocycles. The maximum absolute atomic E-state index is 12.3. The number of benzene rings is 1. The van der Waals surface area contributed by atoms with Gasteiger partial charge >= 0.3 is 5.97 Å². The summed E-state index contributed by atoms with van der Waals surface area (Å²) in [6, 6.07) is 3.81. The molecule has 1 rings (SSSR count). The van der Waals surface area contributed by atoms with Gasteiger partial charge in [-0.1, -0.05) is 20.3 Å². The molecule has 116 valence electrons. The summed E-state index contributed by atoms with van der Waals surface area (Å²) in [6.07, 6.45) is 0.650. The minimum Gasteiger partial charge on any atom is -0.497 e.